The summed E-state index contributed by atoms with van der Waals surface area (Å²) in [5, 5.41) is 5.18. The van der Waals surface area contributed by atoms with E-state index in [0.29, 0.717) is 5.69 Å². The third-order valence-corrected chi connectivity index (χ3v) is 3.76. The quantitative estimate of drug-likeness (QED) is 0.737. The van der Waals surface area contributed by atoms with Crippen molar-refractivity contribution in [3.63, 3.8) is 0 Å². The zero-order valence-corrected chi connectivity index (χ0v) is 14.0. The third kappa shape index (κ3) is 4.04. The highest BCUT2D eigenvalue weighted by Gasteiger charge is 2.11. The molecule has 0 aromatic heterocycles. The van der Waals surface area contributed by atoms with Crippen molar-refractivity contribution in [3.8, 4) is 5.75 Å². The highest BCUT2D eigenvalue weighted by atomic mass is 16.5. The summed E-state index contributed by atoms with van der Waals surface area (Å²) in [5.41, 5.74) is 9.04. The molecule has 4 N–H and O–H groups in total. The highest BCUT2D eigenvalue weighted by Crippen LogP contribution is 2.25. The monoisotopic (exact) mass is 327 g/mol. The van der Waals surface area contributed by atoms with Gasteiger partial charge in [-0.05, 0) is 49.6 Å². The second-order valence-corrected chi connectivity index (χ2v) is 5.48. The van der Waals surface area contributed by atoms with E-state index in [1.54, 1.807) is 24.3 Å². The summed E-state index contributed by atoms with van der Waals surface area (Å²) < 4.78 is 5.67. The van der Waals surface area contributed by atoms with Crippen LogP contribution in [0.3, 0.4) is 0 Å². The number of nitrogens with two attached hydrogens (primary N) is 1. The maximum absolute atomic E-state index is 12.0. The molecule has 0 fully saturated rings. The Morgan fingerprint density at radius 2 is 1.71 bits per heavy atom. The van der Waals surface area contributed by atoms with Crippen LogP contribution in [0.4, 0.5) is 10.5 Å². The van der Waals surface area contributed by atoms with Gasteiger partial charge in [0.1, 0.15) is 5.75 Å². The van der Waals surface area contributed by atoms with E-state index in [-0.39, 0.29) is 12.3 Å². The maximum Gasteiger partial charge on any atom is 0.321 e. The van der Waals surface area contributed by atoms with Gasteiger partial charge in [0.25, 0.3) is 5.91 Å². The standard InChI is InChI=1S/C18H21N3O3/c1-11-8-9-12(2)16(13(11)3)24-10-20-18(23)21-15-7-5-4-6-14(15)17(19)22/h4-9H,10H2,1-3H3,(H2,19,22)(H2,20,21,23). The summed E-state index contributed by atoms with van der Waals surface area (Å²) in [5.74, 6) is 0.154. The number of anilines is 1. The number of primary amides is 1. The zero-order chi connectivity index (χ0) is 17.7. The van der Waals surface area contributed by atoms with Gasteiger partial charge in [0, 0.05) is 0 Å². The fraction of sp³-hybridized carbons (Fsp3) is 0.222. The number of ether oxygens (including phenoxy) is 1. The number of urea groups is 1. The molecular weight excluding hydrogens is 306 g/mol. The van der Waals surface area contributed by atoms with Crippen molar-refractivity contribution in [2.75, 3.05) is 12.0 Å². The number of nitrogens with one attached hydrogen (secondary N) is 2. The van der Waals surface area contributed by atoms with E-state index in [0.717, 1.165) is 22.4 Å². The van der Waals surface area contributed by atoms with Gasteiger partial charge >= 0.3 is 6.03 Å². The molecule has 0 saturated carbocycles. The summed E-state index contributed by atoms with van der Waals surface area (Å²) in [6.45, 7) is 5.93. The number of hydrogen-bond donors (Lipinski definition) is 3. The molecule has 0 unspecified atom stereocenters. The first kappa shape index (κ1) is 17.3. The van der Waals surface area contributed by atoms with Crippen molar-refractivity contribution in [2.45, 2.75) is 20.8 Å². The highest BCUT2D eigenvalue weighted by molar-refractivity contribution is 6.02. The molecule has 0 aliphatic carbocycles. The lowest BCUT2D eigenvalue weighted by Gasteiger charge is -2.15. The number of rotatable bonds is 5. The van der Waals surface area contributed by atoms with E-state index in [9.17, 15) is 9.59 Å². The van der Waals surface area contributed by atoms with E-state index < -0.39 is 11.9 Å². The molecule has 126 valence electrons. The molecule has 2 aromatic rings. The van der Waals surface area contributed by atoms with Gasteiger partial charge in [-0.3, -0.25) is 4.79 Å². The second kappa shape index (κ2) is 7.50. The van der Waals surface area contributed by atoms with Crippen molar-refractivity contribution in [1.82, 2.24) is 5.32 Å². The first-order valence-corrected chi connectivity index (χ1v) is 7.53. The van der Waals surface area contributed by atoms with Crippen molar-refractivity contribution in [3.05, 3.63) is 58.7 Å². The molecule has 0 saturated heterocycles. The predicted octanol–water partition coefficient (Wildman–Crippen LogP) is 2.87. The van der Waals surface area contributed by atoms with Crippen LogP contribution in [0.2, 0.25) is 0 Å². The average Bonchev–Trinajstić information content (AvgIpc) is 2.54. The smallest absolute Gasteiger partial charge is 0.321 e. The third-order valence-electron chi connectivity index (χ3n) is 3.76. The Kier molecular flexibility index (Phi) is 5.42. The molecule has 6 nitrogen and oxygen atoms in total. The largest absolute Gasteiger partial charge is 0.473 e. The number of benzene rings is 2. The van der Waals surface area contributed by atoms with Crippen LogP contribution in [0.1, 0.15) is 27.0 Å². The van der Waals surface area contributed by atoms with Crippen molar-refractivity contribution < 1.29 is 14.3 Å². The van der Waals surface area contributed by atoms with Crippen LogP contribution < -0.4 is 21.1 Å². The Labute approximate surface area is 141 Å². The first-order chi connectivity index (χ1) is 11.4. The van der Waals surface area contributed by atoms with Gasteiger partial charge in [-0.25, -0.2) is 4.79 Å². The van der Waals surface area contributed by atoms with Crippen LogP contribution in [-0.2, 0) is 0 Å². The van der Waals surface area contributed by atoms with E-state index in [2.05, 4.69) is 10.6 Å². The summed E-state index contributed by atoms with van der Waals surface area (Å²) in [6.07, 6.45) is 0. The van der Waals surface area contributed by atoms with E-state index in [1.807, 2.05) is 32.9 Å². The van der Waals surface area contributed by atoms with E-state index in [4.69, 9.17) is 10.5 Å². The minimum atomic E-state index is -0.604. The lowest BCUT2D eigenvalue weighted by atomic mass is 10.1. The normalized spacial score (nSPS) is 10.1. The number of carbonyl (C=O) groups is 2. The maximum atomic E-state index is 12.0. The minimum absolute atomic E-state index is 0.00963. The molecule has 0 atom stereocenters. The van der Waals surface area contributed by atoms with Crippen LogP contribution in [0.25, 0.3) is 0 Å². The van der Waals surface area contributed by atoms with Crippen LogP contribution >= 0.6 is 0 Å². The Morgan fingerprint density at radius 1 is 1.04 bits per heavy atom. The average molecular weight is 327 g/mol. The molecule has 3 amide bonds. The van der Waals surface area contributed by atoms with Gasteiger partial charge in [-0.2, -0.15) is 0 Å². The van der Waals surface area contributed by atoms with Crippen LogP contribution in [0.15, 0.2) is 36.4 Å². The van der Waals surface area contributed by atoms with Gasteiger partial charge in [-0.1, -0.05) is 24.3 Å². The van der Waals surface area contributed by atoms with Gasteiger partial charge in [0.2, 0.25) is 0 Å². The van der Waals surface area contributed by atoms with Gasteiger partial charge in [0.15, 0.2) is 6.73 Å². The molecule has 2 rings (SSSR count). The van der Waals surface area contributed by atoms with E-state index >= 15 is 0 Å². The lowest BCUT2D eigenvalue weighted by molar-refractivity contribution is 0.100. The van der Waals surface area contributed by atoms with Crippen molar-refractivity contribution >= 4 is 17.6 Å². The molecule has 0 aliphatic rings. The Bertz CT molecular complexity index is 772. The Balaban J connectivity index is 1.96. The molecule has 24 heavy (non-hydrogen) atoms. The molecule has 0 radical (unpaired) electrons. The number of aryl methyl sites for hydroxylation is 2. The van der Waals surface area contributed by atoms with Gasteiger partial charge in [-0.15, -0.1) is 0 Å². The van der Waals surface area contributed by atoms with Crippen LogP contribution in [0.5, 0.6) is 5.75 Å². The molecule has 6 heteroatoms. The van der Waals surface area contributed by atoms with Crippen molar-refractivity contribution in [2.24, 2.45) is 5.73 Å². The second-order valence-electron chi connectivity index (χ2n) is 5.48. The molecule has 0 heterocycles. The van der Waals surface area contributed by atoms with Gasteiger partial charge < -0.3 is 21.1 Å². The van der Waals surface area contributed by atoms with Gasteiger partial charge in [0.05, 0.1) is 11.3 Å². The zero-order valence-electron chi connectivity index (χ0n) is 14.0. The van der Waals surface area contributed by atoms with E-state index in [1.165, 1.54) is 0 Å². The fourth-order valence-electron chi connectivity index (χ4n) is 2.29. The topological polar surface area (TPSA) is 93.4 Å². The predicted molar refractivity (Wildman–Crippen MR) is 93.3 cm³/mol. The molecule has 0 bridgehead atoms. The molecule has 0 aliphatic heterocycles. The number of carbonyl (C=O) groups excluding carboxylic acids is 2. The van der Waals surface area contributed by atoms with Crippen molar-refractivity contribution in [1.29, 1.82) is 0 Å². The Hall–Kier alpha value is -3.02. The first-order valence-electron chi connectivity index (χ1n) is 7.53. The van der Waals surface area contributed by atoms with Crippen LogP contribution in [-0.4, -0.2) is 18.7 Å². The summed E-state index contributed by atoms with van der Waals surface area (Å²) in [6, 6.07) is 10.1. The minimum Gasteiger partial charge on any atom is -0.473 e. The van der Waals surface area contributed by atoms with Crippen LogP contribution in [0, 0.1) is 20.8 Å². The number of amides is 3. The number of hydrogen-bond acceptors (Lipinski definition) is 3. The molecule has 2 aromatic carbocycles. The molecule has 0 spiro atoms. The summed E-state index contributed by atoms with van der Waals surface area (Å²) >= 11 is 0. The summed E-state index contributed by atoms with van der Waals surface area (Å²) in [4.78, 5) is 23.3. The number of para-hydroxylation sites is 1. The summed E-state index contributed by atoms with van der Waals surface area (Å²) in [7, 11) is 0. The fourth-order valence-corrected chi connectivity index (χ4v) is 2.29. The lowest BCUT2D eigenvalue weighted by Crippen LogP contribution is -2.33. The molecular formula is C18H21N3O3. The SMILES string of the molecule is Cc1ccc(C)c(OCNC(=O)Nc2ccccc2C(N)=O)c1C. The Morgan fingerprint density at radius 3 is 2.42 bits per heavy atom.